The van der Waals surface area contributed by atoms with Gasteiger partial charge in [-0.2, -0.15) is 0 Å². The summed E-state index contributed by atoms with van der Waals surface area (Å²) < 4.78 is 47.0. The predicted molar refractivity (Wildman–Crippen MR) is 114 cm³/mol. The molecule has 0 bridgehead atoms. The normalized spacial score (nSPS) is 15.9. The molecule has 0 atom stereocenters. The van der Waals surface area contributed by atoms with Crippen LogP contribution in [0.5, 0.6) is 0 Å². The summed E-state index contributed by atoms with van der Waals surface area (Å²) in [5.74, 6) is -0.445. The van der Waals surface area contributed by atoms with Crippen LogP contribution in [0.4, 0.5) is 19.0 Å². The molecule has 3 heterocycles. The van der Waals surface area contributed by atoms with E-state index >= 15 is 0 Å². The van der Waals surface area contributed by atoms with Gasteiger partial charge in [-0.3, -0.25) is 9.36 Å². The highest BCUT2D eigenvalue weighted by Crippen LogP contribution is 2.30. The standard InChI is InChI=1S/C22H24F3N5O2/c1-30-20-15(11-16(21(30)31)22(26)6-9-32-10-7-22)19(28-12-29-20)27-8-5-13-3-2-4-14(17(13)23)18(24)25/h2-4,11-12,18H,5-10,26H2,1H3,(H,27,28,29). The number of aryl methyl sites for hydroxylation is 1. The van der Waals surface area contributed by atoms with E-state index in [0.29, 0.717) is 48.5 Å². The van der Waals surface area contributed by atoms with Gasteiger partial charge in [-0.25, -0.2) is 23.1 Å². The maximum Gasteiger partial charge on any atom is 0.266 e. The van der Waals surface area contributed by atoms with E-state index in [4.69, 9.17) is 10.5 Å². The van der Waals surface area contributed by atoms with Crippen molar-refractivity contribution >= 4 is 16.9 Å². The number of aromatic nitrogens is 3. The van der Waals surface area contributed by atoms with Crippen LogP contribution < -0.4 is 16.6 Å². The summed E-state index contributed by atoms with van der Waals surface area (Å²) in [7, 11) is 1.62. The Labute approximate surface area is 182 Å². The van der Waals surface area contributed by atoms with Crippen LogP contribution in [0.2, 0.25) is 0 Å². The van der Waals surface area contributed by atoms with Crippen molar-refractivity contribution in [1.29, 1.82) is 0 Å². The summed E-state index contributed by atoms with van der Waals surface area (Å²) in [6, 6.07) is 5.68. The first kappa shape index (κ1) is 22.2. The lowest BCUT2D eigenvalue weighted by atomic mass is 9.84. The van der Waals surface area contributed by atoms with E-state index in [0.717, 1.165) is 6.07 Å². The third-order valence-corrected chi connectivity index (χ3v) is 5.96. The molecule has 0 unspecified atom stereocenters. The quantitative estimate of drug-likeness (QED) is 0.603. The molecule has 1 fully saturated rings. The van der Waals surface area contributed by atoms with Crippen LogP contribution in [0, 0.1) is 5.82 Å². The molecule has 4 rings (SSSR count). The number of hydrogen-bond donors (Lipinski definition) is 2. The lowest BCUT2D eigenvalue weighted by Crippen LogP contribution is -2.46. The minimum Gasteiger partial charge on any atom is -0.381 e. The highest BCUT2D eigenvalue weighted by molar-refractivity contribution is 5.87. The Balaban J connectivity index is 1.64. The molecule has 1 aliphatic heterocycles. The number of alkyl halides is 2. The van der Waals surface area contributed by atoms with E-state index in [1.165, 1.54) is 23.0 Å². The highest BCUT2D eigenvalue weighted by Gasteiger charge is 2.33. The van der Waals surface area contributed by atoms with Crippen molar-refractivity contribution in [2.24, 2.45) is 12.8 Å². The van der Waals surface area contributed by atoms with Crippen LogP contribution in [0.1, 0.15) is 36.0 Å². The molecule has 0 spiro atoms. The summed E-state index contributed by atoms with van der Waals surface area (Å²) in [6.07, 6.45) is -0.334. The number of ether oxygens (including phenoxy) is 1. The summed E-state index contributed by atoms with van der Waals surface area (Å²) in [5.41, 5.74) is 5.99. The Hall–Kier alpha value is -2.98. The van der Waals surface area contributed by atoms with Gasteiger partial charge in [0, 0.05) is 32.4 Å². The molecule has 7 nitrogen and oxygen atoms in total. The zero-order chi connectivity index (χ0) is 22.9. The van der Waals surface area contributed by atoms with Gasteiger partial charge in [0.05, 0.1) is 16.5 Å². The average Bonchev–Trinajstić information content (AvgIpc) is 2.77. The number of anilines is 1. The van der Waals surface area contributed by atoms with Crippen LogP contribution in [0.15, 0.2) is 35.4 Å². The smallest absolute Gasteiger partial charge is 0.266 e. The molecule has 0 amide bonds. The second-order valence-electron chi connectivity index (χ2n) is 7.95. The van der Waals surface area contributed by atoms with Crippen LogP contribution in [-0.4, -0.2) is 34.3 Å². The van der Waals surface area contributed by atoms with E-state index in [2.05, 4.69) is 15.3 Å². The van der Waals surface area contributed by atoms with Gasteiger partial charge in [0.15, 0.2) is 0 Å². The molecule has 32 heavy (non-hydrogen) atoms. The molecule has 1 aliphatic rings. The van der Waals surface area contributed by atoms with Gasteiger partial charge in [-0.1, -0.05) is 18.2 Å². The zero-order valence-corrected chi connectivity index (χ0v) is 17.6. The summed E-state index contributed by atoms with van der Waals surface area (Å²) in [5, 5.41) is 3.71. The third-order valence-electron chi connectivity index (χ3n) is 5.96. The average molecular weight is 447 g/mol. The van der Waals surface area contributed by atoms with Crippen molar-refractivity contribution in [3.05, 3.63) is 63.5 Å². The molecule has 0 saturated carbocycles. The number of pyridine rings is 1. The van der Waals surface area contributed by atoms with Crippen molar-refractivity contribution in [2.45, 2.75) is 31.2 Å². The van der Waals surface area contributed by atoms with Gasteiger partial charge in [0.25, 0.3) is 12.0 Å². The van der Waals surface area contributed by atoms with E-state index < -0.39 is 23.3 Å². The first-order chi connectivity index (χ1) is 15.3. The summed E-state index contributed by atoms with van der Waals surface area (Å²) in [6.45, 7) is 1.18. The number of benzene rings is 1. The lowest BCUT2D eigenvalue weighted by molar-refractivity contribution is 0.0517. The van der Waals surface area contributed by atoms with Crippen molar-refractivity contribution in [2.75, 3.05) is 25.1 Å². The van der Waals surface area contributed by atoms with Gasteiger partial charge in [0.1, 0.15) is 23.6 Å². The molecule has 10 heteroatoms. The number of halogens is 3. The number of hydrogen-bond acceptors (Lipinski definition) is 6. The third kappa shape index (κ3) is 4.07. The van der Waals surface area contributed by atoms with Crippen LogP contribution in [0.25, 0.3) is 11.0 Å². The monoisotopic (exact) mass is 447 g/mol. The van der Waals surface area contributed by atoms with Crippen molar-refractivity contribution < 1.29 is 17.9 Å². The number of nitrogens with two attached hydrogens (primary N) is 1. The Kier molecular flexibility index (Phi) is 6.16. The molecule has 0 aliphatic carbocycles. The largest absolute Gasteiger partial charge is 0.381 e. The molecular formula is C22H24F3N5O2. The Morgan fingerprint density at radius 3 is 2.75 bits per heavy atom. The second kappa shape index (κ2) is 8.87. The van der Waals surface area contributed by atoms with Crippen molar-refractivity contribution in [1.82, 2.24) is 14.5 Å². The second-order valence-corrected chi connectivity index (χ2v) is 7.95. The highest BCUT2D eigenvalue weighted by atomic mass is 19.3. The van der Waals surface area contributed by atoms with E-state index in [1.54, 1.807) is 13.1 Å². The fourth-order valence-corrected chi connectivity index (χ4v) is 4.05. The Morgan fingerprint density at radius 1 is 1.28 bits per heavy atom. The summed E-state index contributed by atoms with van der Waals surface area (Å²) in [4.78, 5) is 21.5. The molecule has 1 saturated heterocycles. The summed E-state index contributed by atoms with van der Waals surface area (Å²) >= 11 is 0. The first-order valence-corrected chi connectivity index (χ1v) is 10.3. The number of nitrogens with one attached hydrogen (secondary N) is 1. The van der Waals surface area contributed by atoms with Crippen LogP contribution in [-0.2, 0) is 23.7 Å². The Morgan fingerprint density at radius 2 is 2.03 bits per heavy atom. The maximum atomic E-state index is 14.3. The fourth-order valence-electron chi connectivity index (χ4n) is 4.05. The predicted octanol–water partition coefficient (Wildman–Crippen LogP) is 3.02. The van der Waals surface area contributed by atoms with Crippen LogP contribution >= 0.6 is 0 Å². The van der Waals surface area contributed by atoms with Crippen LogP contribution in [0.3, 0.4) is 0 Å². The molecular weight excluding hydrogens is 423 g/mol. The van der Waals surface area contributed by atoms with Gasteiger partial charge >= 0.3 is 0 Å². The zero-order valence-electron chi connectivity index (χ0n) is 17.6. The van der Waals surface area contributed by atoms with Gasteiger partial charge in [0.2, 0.25) is 0 Å². The molecule has 0 radical (unpaired) electrons. The molecule has 170 valence electrons. The minimum absolute atomic E-state index is 0.175. The topological polar surface area (TPSA) is 95.1 Å². The number of nitrogens with zero attached hydrogens (tertiary/aromatic N) is 3. The molecule has 2 aromatic heterocycles. The van der Waals surface area contributed by atoms with Gasteiger partial charge in [-0.05, 0) is 30.9 Å². The van der Waals surface area contributed by atoms with E-state index in [1.807, 2.05) is 0 Å². The number of fused-ring (bicyclic) bond motifs is 1. The van der Waals surface area contributed by atoms with Gasteiger partial charge < -0.3 is 15.8 Å². The van der Waals surface area contributed by atoms with E-state index in [9.17, 15) is 18.0 Å². The van der Waals surface area contributed by atoms with Crippen molar-refractivity contribution in [3.63, 3.8) is 0 Å². The molecule has 3 N–H and O–H groups in total. The number of rotatable bonds is 6. The molecule has 3 aromatic rings. The lowest BCUT2D eigenvalue weighted by Gasteiger charge is -2.33. The fraction of sp³-hybridized carbons (Fsp3) is 0.409. The minimum atomic E-state index is -2.87. The Bertz CT molecular complexity index is 1190. The SMILES string of the molecule is Cn1c(=O)c(C2(N)CCOCC2)cc2c(NCCc3cccc(C(F)F)c3F)ncnc21. The maximum absolute atomic E-state index is 14.3. The van der Waals surface area contributed by atoms with Crippen molar-refractivity contribution in [3.8, 4) is 0 Å². The van der Waals surface area contributed by atoms with Gasteiger partial charge in [-0.15, -0.1) is 0 Å². The molecule has 1 aromatic carbocycles. The van der Waals surface area contributed by atoms with E-state index in [-0.39, 0.29) is 24.1 Å². The first-order valence-electron chi connectivity index (χ1n) is 10.3.